The van der Waals surface area contributed by atoms with Gasteiger partial charge in [-0.15, -0.1) is 0 Å². The van der Waals surface area contributed by atoms with Gasteiger partial charge in [-0.1, -0.05) is 6.07 Å². The van der Waals surface area contributed by atoms with Crippen LogP contribution in [0.15, 0.2) is 18.2 Å². The topological polar surface area (TPSA) is 113 Å². The molecule has 0 unspecified atom stereocenters. The minimum Gasteiger partial charge on any atom is -0.368 e. The summed E-state index contributed by atoms with van der Waals surface area (Å²) in [5.41, 5.74) is 12.0. The van der Waals surface area contributed by atoms with Gasteiger partial charge in [0.2, 0.25) is 11.8 Å². The molecule has 0 aliphatic carbocycles. The van der Waals surface area contributed by atoms with E-state index in [0.717, 1.165) is 5.56 Å². The molecule has 0 heterocycles. The van der Waals surface area contributed by atoms with Crippen molar-refractivity contribution in [2.45, 2.75) is 6.92 Å². The Kier molecular flexibility index (Phi) is 4.27. The van der Waals surface area contributed by atoms with E-state index in [0.29, 0.717) is 11.3 Å². The second-order valence-electron chi connectivity index (χ2n) is 3.92. The molecule has 0 aliphatic heterocycles. The fraction of sp³-hybridized carbons (Fsp3) is 0.250. The third kappa shape index (κ3) is 3.49. The normalized spacial score (nSPS) is 9.56. The Bertz CT molecular complexity index is 503. The first-order valence-corrected chi connectivity index (χ1v) is 5.26. The molecule has 0 radical (unpaired) electrons. The number of carbonyl (C=O) groups excluding carboxylic acids is 2. The Morgan fingerprint density at radius 2 is 1.83 bits per heavy atom. The molecule has 1 aromatic rings. The minimum absolute atomic E-state index is 0.166. The van der Waals surface area contributed by atoms with Gasteiger partial charge in [-0.2, -0.15) is 5.26 Å². The number of carbonyl (C=O) groups is 2. The first kappa shape index (κ1) is 13.5. The Hall–Kier alpha value is -2.55. The molecule has 0 atom stereocenters. The van der Waals surface area contributed by atoms with Crippen molar-refractivity contribution in [2.75, 3.05) is 18.0 Å². The lowest BCUT2D eigenvalue weighted by Gasteiger charge is -2.23. The minimum atomic E-state index is -0.596. The SMILES string of the molecule is Cc1ccc(C#N)c(N(CC(N)=O)CC(N)=O)c1. The number of anilines is 1. The first-order valence-electron chi connectivity index (χ1n) is 5.26. The molecule has 1 aromatic carbocycles. The Morgan fingerprint density at radius 3 is 2.28 bits per heavy atom. The van der Waals surface area contributed by atoms with Crippen LogP contribution in [0.3, 0.4) is 0 Å². The number of primary amides is 2. The fourth-order valence-corrected chi connectivity index (χ4v) is 1.60. The molecule has 0 fully saturated rings. The van der Waals surface area contributed by atoms with E-state index < -0.39 is 11.8 Å². The van der Waals surface area contributed by atoms with Gasteiger partial charge in [-0.25, -0.2) is 0 Å². The largest absolute Gasteiger partial charge is 0.368 e. The lowest BCUT2D eigenvalue weighted by molar-refractivity contribution is -0.117. The summed E-state index contributed by atoms with van der Waals surface area (Å²) in [4.78, 5) is 23.4. The van der Waals surface area contributed by atoms with Crippen molar-refractivity contribution in [1.29, 1.82) is 5.26 Å². The third-order valence-corrected chi connectivity index (χ3v) is 2.31. The summed E-state index contributed by atoms with van der Waals surface area (Å²) >= 11 is 0. The molecule has 18 heavy (non-hydrogen) atoms. The van der Waals surface area contributed by atoms with Crippen LogP contribution in [0.5, 0.6) is 0 Å². The van der Waals surface area contributed by atoms with Gasteiger partial charge in [-0.3, -0.25) is 9.59 Å². The predicted molar refractivity (Wildman–Crippen MR) is 66.5 cm³/mol. The van der Waals surface area contributed by atoms with Gasteiger partial charge < -0.3 is 16.4 Å². The van der Waals surface area contributed by atoms with Gasteiger partial charge in [0.1, 0.15) is 6.07 Å². The van der Waals surface area contributed by atoms with E-state index in [4.69, 9.17) is 16.7 Å². The van der Waals surface area contributed by atoms with Crippen LogP contribution in [-0.4, -0.2) is 24.9 Å². The molecule has 2 amide bonds. The molecule has 4 N–H and O–H groups in total. The first-order chi connectivity index (χ1) is 8.43. The second-order valence-corrected chi connectivity index (χ2v) is 3.92. The van der Waals surface area contributed by atoms with Crippen molar-refractivity contribution < 1.29 is 9.59 Å². The summed E-state index contributed by atoms with van der Waals surface area (Å²) < 4.78 is 0. The van der Waals surface area contributed by atoms with Crippen molar-refractivity contribution in [3.63, 3.8) is 0 Å². The number of benzene rings is 1. The monoisotopic (exact) mass is 246 g/mol. The quantitative estimate of drug-likeness (QED) is 0.738. The molecule has 6 heteroatoms. The van der Waals surface area contributed by atoms with Gasteiger partial charge in [0.05, 0.1) is 24.3 Å². The zero-order valence-electron chi connectivity index (χ0n) is 10.0. The summed E-state index contributed by atoms with van der Waals surface area (Å²) in [6.07, 6.45) is 0. The van der Waals surface area contributed by atoms with Crippen LogP contribution >= 0.6 is 0 Å². The molecule has 0 aromatic heterocycles. The average Bonchev–Trinajstić information content (AvgIpc) is 2.26. The third-order valence-electron chi connectivity index (χ3n) is 2.31. The molecule has 0 saturated carbocycles. The highest BCUT2D eigenvalue weighted by atomic mass is 16.2. The van der Waals surface area contributed by atoms with Gasteiger partial charge in [0.15, 0.2) is 0 Å². The number of aryl methyl sites for hydroxylation is 1. The zero-order chi connectivity index (χ0) is 13.7. The maximum Gasteiger partial charge on any atom is 0.236 e. The molecule has 94 valence electrons. The van der Waals surface area contributed by atoms with Gasteiger partial charge in [0.25, 0.3) is 0 Å². The number of rotatable bonds is 5. The number of nitrogens with zero attached hydrogens (tertiary/aromatic N) is 2. The van der Waals surface area contributed by atoms with E-state index in [2.05, 4.69) is 0 Å². The van der Waals surface area contributed by atoms with E-state index >= 15 is 0 Å². The van der Waals surface area contributed by atoms with Gasteiger partial charge >= 0.3 is 0 Å². The van der Waals surface area contributed by atoms with Crippen LogP contribution in [-0.2, 0) is 9.59 Å². The Labute approximate surface area is 105 Å². The summed E-state index contributed by atoms with van der Waals surface area (Å²) in [7, 11) is 0. The lowest BCUT2D eigenvalue weighted by Crippen LogP contribution is -2.40. The molecule has 1 rings (SSSR count). The van der Waals surface area contributed by atoms with E-state index in [-0.39, 0.29) is 13.1 Å². The summed E-state index contributed by atoms with van der Waals surface area (Å²) in [6.45, 7) is 1.51. The lowest BCUT2D eigenvalue weighted by atomic mass is 10.1. The summed E-state index contributed by atoms with van der Waals surface area (Å²) in [5, 5.41) is 9.02. The van der Waals surface area contributed by atoms with Crippen molar-refractivity contribution >= 4 is 17.5 Å². The molecule has 0 spiro atoms. The smallest absolute Gasteiger partial charge is 0.236 e. The number of nitriles is 1. The summed E-state index contributed by atoms with van der Waals surface area (Å²) in [6, 6.07) is 7.11. The molecule has 6 nitrogen and oxygen atoms in total. The van der Waals surface area contributed by atoms with Crippen molar-refractivity contribution in [3.05, 3.63) is 29.3 Å². The van der Waals surface area contributed by atoms with Crippen LogP contribution in [0, 0.1) is 18.3 Å². The maximum absolute atomic E-state index is 11.0. The molecular formula is C12H14N4O2. The highest BCUT2D eigenvalue weighted by molar-refractivity contribution is 5.85. The standard InChI is InChI=1S/C12H14N4O2/c1-8-2-3-9(5-13)10(4-8)16(6-11(14)17)7-12(15)18/h2-4H,6-7H2,1H3,(H2,14,17)(H2,15,18). The number of nitrogens with two attached hydrogens (primary N) is 2. The summed E-state index contributed by atoms with van der Waals surface area (Å²) in [5.74, 6) is -1.19. The molecule has 0 aliphatic rings. The number of amides is 2. The van der Waals surface area contributed by atoms with Crippen LogP contribution in [0.4, 0.5) is 5.69 Å². The van der Waals surface area contributed by atoms with Crippen LogP contribution in [0.1, 0.15) is 11.1 Å². The molecular weight excluding hydrogens is 232 g/mol. The maximum atomic E-state index is 11.0. The van der Waals surface area contributed by atoms with Crippen molar-refractivity contribution in [1.82, 2.24) is 0 Å². The average molecular weight is 246 g/mol. The van der Waals surface area contributed by atoms with E-state index in [9.17, 15) is 9.59 Å². The highest BCUT2D eigenvalue weighted by Gasteiger charge is 2.15. The fourth-order valence-electron chi connectivity index (χ4n) is 1.60. The number of hydrogen-bond donors (Lipinski definition) is 2. The predicted octanol–water partition coefficient (Wildman–Crippen LogP) is -0.356. The zero-order valence-corrected chi connectivity index (χ0v) is 10.0. The van der Waals surface area contributed by atoms with Crippen LogP contribution in [0.2, 0.25) is 0 Å². The van der Waals surface area contributed by atoms with Crippen LogP contribution < -0.4 is 16.4 Å². The van der Waals surface area contributed by atoms with E-state index in [1.807, 2.05) is 13.0 Å². The Morgan fingerprint density at radius 1 is 1.28 bits per heavy atom. The van der Waals surface area contributed by atoms with E-state index in [1.165, 1.54) is 4.90 Å². The van der Waals surface area contributed by atoms with Crippen molar-refractivity contribution in [2.24, 2.45) is 11.5 Å². The second kappa shape index (κ2) is 5.68. The molecule has 0 bridgehead atoms. The van der Waals surface area contributed by atoms with Crippen LogP contribution in [0.25, 0.3) is 0 Å². The van der Waals surface area contributed by atoms with Gasteiger partial charge in [-0.05, 0) is 24.6 Å². The van der Waals surface area contributed by atoms with Crippen molar-refractivity contribution in [3.8, 4) is 6.07 Å². The number of hydrogen-bond acceptors (Lipinski definition) is 4. The van der Waals surface area contributed by atoms with E-state index in [1.54, 1.807) is 18.2 Å². The Balaban J connectivity index is 3.18. The highest BCUT2D eigenvalue weighted by Crippen LogP contribution is 2.21. The van der Waals surface area contributed by atoms with Gasteiger partial charge in [0, 0.05) is 0 Å². The molecule has 0 saturated heterocycles.